The molecule has 0 spiro atoms. The predicted molar refractivity (Wildman–Crippen MR) is 181 cm³/mol. The van der Waals surface area contributed by atoms with Gasteiger partial charge in [0.05, 0.1) is 0 Å². The van der Waals surface area contributed by atoms with Gasteiger partial charge in [0.25, 0.3) is 0 Å². The van der Waals surface area contributed by atoms with E-state index < -0.39 is 0 Å². The first-order chi connectivity index (χ1) is 20.0. The molecule has 0 aliphatic carbocycles. The molecule has 0 amide bonds. The average molecular weight is 563 g/mol. The minimum atomic E-state index is 0.0535. The van der Waals surface area contributed by atoms with Gasteiger partial charge in [0, 0.05) is 54.5 Å². The summed E-state index contributed by atoms with van der Waals surface area (Å²) in [5.41, 5.74) is 13.4. The van der Waals surface area contributed by atoms with Crippen molar-refractivity contribution in [1.82, 2.24) is 9.80 Å². The summed E-state index contributed by atoms with van der Waals surface area (Å²) in [7, 11) is 0. The van der Waals surface area contributed by atoms with Crippen LogP contribution in [0.15, 0.2) is 72.6 Å². The predicted octanol–water partition coefficient (Wildman–Crippen LogP) is 8.51. The van der Waals surface area contributed by atoms with E-state index in [0.29, 0.717) is 12.1 Å². The molecule has 0 aromatic heterocycles. The molecule has 1 fully saturated rings. The molecule has 1 saturated heterocycles. The van der Waals surface area contributed by atoms with Crippen molar-refractivity contribution in [3.8, 4) is 0 Å². The Bertz CT molecular complexity index is 1350. The summed E-state index contributed by atoms with van der Waals surface area (Å²) in [5.74, 6) is 0. The third-order valence-electron chi connectivity index (χ3n) is 8.91. The molecule has 0 N–H and O–H groups in total. The van der Waals surface area contributed by atoms with Crippen LogP contribution in [0.3, 0.4) is 0 Å². The summed E-state index contributed by atoms with van der Waals surface area (Å²) in [5, 5.41) is 0. The molecular weight excluding hydrogens is 512 g/mol. The van der Waals surface area contributed by atoms with Crippen LogP contribution in [0, 0.1) is 41.5 Å². The molecule has 0 bridgehead atoms. The molecular formula is C38H50N4. The van der Waals surface area contributed by atoms with Gasteiger partial charge in [-0.05, 0) is 103 Å². The Balaban J connectivity index is 1.80. The minimum Gasteiger partial charge on any atom is -0.350 e. The first kappa shape index (κ1) is 29.8. The first-order valence-corrected chi connectivity index (χ1v) is 15.7. The molecule has 0 unspecified atom stereocenters. The molecule has 2 aliphatic rings. The van der Waals surface area contributed by atoms with Gasteiger partial charge in [0.1, 0.15) is 12.3 Å². The van der Waals surface area contributed by atoms with Crippen LogP contribution in [0.1, 0.15) is 66.6 Å². The van der Waals surface area contributed by atoms with Gasteiger partial charge >= 0.3 is 0 Å². The van der Waals surface area contributed by atoms with Crippen molar-refractivity contribution in [3.63, 3.8) is 0 Å². The van der Waals surface area contributed by atoms with E-state index in [-0.39, 0.29) is 12.3 Å². The maximum absolute atomic E-state index is 2.70. The van der Waals surface area contributed by atoms with Crippen molar-refractivity contribution in [2.75, 3.05) is 22.9 Å². The van der Waals surface area contributed by atoms with Crippen LogP contribution < -0.4 is 9.80 Å². The molecule has 0 radical (unpaired) electrons. The molecule has 4 nitrogen and oxygen atoms in total. The maximum Gasteiger partial charge on any atom is 0.128 e. The zero-order valence-corrected chi connectivity index (χ0v) is 27.4. The Morgan fingerprint density at radius 1 is 0.619 bits per heavy atom. The summed E-state index contributed by atoms with van der Waals surface area (Å²) in [4.78, 5) is 10.5. The summed E-state index contributed by atoms with van der Waals surface area (Å²) < 4.78 is 0. The Morgan fingerprint density at radius 3 is 1.40 bits per heavy atom. The van der Waals surface area contributed by atoms with Crippen molar-refractivity contribution in [2.24, 2.45) is 0 Å². The summed E-state index contributed by atoms with van der Waals surface area (Å²) >= 11 is 0. The van der Waals surface area contributed by atoms with Crippen molar-refractivity contribution in [3.05, 3.63) is 112 Å². The second kappa shape index (κ2) is 11.9. The van der Waals surface area contributed by atoms with Gasteiger partial charge in [-0.15, -0.1) is 0 Å². The van der Waals surface area contributed by atoms with E-state index in [2.05, 4.69) is 162 Å². The third kappa shape index (κ3) is 5.56. The van der Waals surface area contributed by atoms with Gasteiger partial charge in [-0.1, -0.05) is 65.7 Å². The van der Waals surface area contributed by atoms with Gasteiger partial charge < -0.3 is 19.6 Å². The lowest BCUT2D eigenvalue weighted by atomic mass is 9.97. The van der Waals surface area contributed by atoms with Gasteiger partial charge in [0.15, 0.2) is 0 Å². The van der Waals surface area contributed by atoms with Crippen molar-refractivity contribution in [1.29, 1.82) is 0 Å². The molecule has 4 heteroatoms. The molecule has 2 aliphatic heterocycles. The van der Waals surface area contributed by atoms with E-state index in [1.165, 1.54) is 55.9 Å². The van der Waals surface area contributed by atoms with Crippen LogP contribution in [-0.2, 0) is 0 Å². The number of rotatable bonds is 7. The van der Waals surface area contributed by atoms with Crippen LogP contribution in [0.4, 0.5) is 11.4 Å². The monoisotopic (exact) mass is 562 g/mol. The smallest absolute Gasteiger partial charge is 0.128 e. The second-order valence-corrected chi connectivity index (χ2v) is 13.1. The largest absolute Gasteiger partial charge is 0.350 e. The fourth-order valence-electron chi connectivity index (χ4n) is 7.46. The van der Waals surface area contributed by atoms with E-state index in [1.807, 2.05) is 0 Å². The van der Waals surface area contributed by atoms with Crippen LogP contribution in [0.2, 0.25) is 0 Å². The molecule has 222 valence electrons. The summed E-state index contributed by atoms with van der Waals surface area (Å²) in [6.07, 6.45) is 7.26. The topological polar surface area (TPSA) is 13.0 Å². The highest BCUT2D eigenvalue weighted by Crippen LogP contribution is 2.42. The average Bonchev–Trinajstić information content (AvgIpc) is 3.53. The lowest BCUT2D eigenvalue weighted by molar-refractivity contribution is 0.129. The molecule has 5 rings (SSSR count). The maximum atomic E-state index is 2.70. The Labute approximate surface area is 254 Å². The molecule has 0 atom stereocenters. The van der Waals surface area contributed by atoms with Gasteiger partial charge in [-0.3, -0.25) is 0 Å². The normalized spacial score (nSPS) is 16.7. The van der Waals surface area contributed by atoms with Crippen molar-refractivity contribution < 1.29 is 0 Å². The number of anilines is 2. The fraction of sp³-hybridized carbons (Fsp3) is 0.421. The molecule has 3 aromatic carbocycles. The van der Waals surface area contributed by atoms with Crippen LogP contribution in [-0.4, -0.2) is 47.3 Å². The lowest BCUT2D eigenvalue weighted by Crippen LogP contribution is -2.53. The quantitative estimate of drug-likeness (QED) is 0.286. The van der Waals surface area contributed by atoms with Gasteiger partial charge in [-0.2, -0.15) is 0 Å². The standard InChI is InChI=1S/C38H50N4/c1-25(2)39-16-17-40(26(3)4)37(39)34(24-33-14-12-11-13-15-33)38-41(35-29(7)20-27(5)21-30(35)8)18-19-42(38)36-31(9)22-28(6)23-32(36)10/h11-17,20-26,37-38H,18-19H2,1-10H3/b34-24+. The van der Waals surface area contributed by atoms with E-state index in [9.17, 15) is 0 Å². The van der Waals surface area contributed by atoms with Crippen LogP contribution in [0.25, 0.3) is 6.08 Å². The van der Waals surface area contributed by atoms with E-state index in [4.69, 9.17) is 0 Å². The molecule has 3 aromatic rings. The van der Waals surface area contributed by atoms with Gasteiger partial charge in [-0.25, -0.2) is 0 Å². The van der Waals surface area contributed by atoms with Gasteiger partial charge in [0.2, 0.25) is 0 Å². The number of benzene rings is 3. The van der Waals surface area contributed by atoms with Crippen molar-refractivity contribution >= 4 is 17.5 Å². The van der Waals surface area contributed by atoms with E-state index in [0.717, 1.165) is 13.1 Å². The highest BCUT2D eigenvalue weighted by Gasteiger charge is 2.44. The molecule has 2 heterocycles. The zero-order chi connectivity index (χ0) is 30.3. The lowest BCUT2D eigenvalue weighted by Gasteiger charge is -2.45. The Morgan fingerprint density at radius 2 is 1.02 bits per heavy atom. The summed E-state index contributed by atoms with van der Waals surface area (Å²) in [6, 6.07) is 21.0. The number of hydrogen-bond acceptors (Lipinski definition) is 4. The zero-order valence-electron chi connectivity index (χ0n) is 27.4. The number of hydrogen-bond donors (Lipinski definition) is 0. The SMILES string of the molecule is Cc1cc(C)c(N2CCN(c3c(C)cc(C)cc3C)C2/C(=C/c2ccccc2)C2N(C(C)C)C=CN2C(C)C)c(C)c1. The number of nitrogens with zero attached hydrogens (tertiary/aromatic N) is 4. The van der Waals surface area contributed by atoms with E-state index in [1.54, 1.807) is 0 Å². The van der Waals surface area contributed by atoms with Crippen LogP contribution >= 0.6 is 0 Å². The minimum absolute atomic E-state index is 0.0535. The van der Waals surface area contributed by atoms with Crippen molar-refractivity contribution in [2.45, 2.75) is 93.7 Å². The Hall–Kier alpha value is -3.66. The molecule has 42 heavy (non-hydrogen) atoms. The highest BCUT2D eigenvalue weighted by atomic mass is 15.5. The third-order valence-corrected chi connectivity index (χ3v) is 8.91. The molecule has 0 saturated carbocycles. The fourth-order valence-corrected chi connectivity index (χ4v) is 7.46. The van der Waals surface area contributed by atoms with E-state index >= 15 is 0 Å². The highest BCUT2D eigenvalue weighted by molar-refractivity contribution is 5.72. The number of aryl methyl sites for hydroxylation is 6. The summed E-state index contributed by atoms with van der Waals surface area (Å²) in [6.45, 7) is 24.8. The second-order valence-electron chi connectivity index (χ2n) is 13.1. The Kier molecular flexibility index (Phi) is 8.46. The van der Waals surface area contributed by atoms with Crippen LogP contribution in [0.5, 0.6) is 0 Å². The first-order valence-electron chi connectivity index (χ1n) is 15.7.